The van der Waals surface area contributed by atoms with E-state index in [9.17, 15) is 0 Å². The molecule has 0 bridgehead atoms. The van der Waals surface area contributed by atoms with Crippen LogP contribution in [0.1, 0.15) is 17.1 Å². The average Bonchev–Trinajstić information content (AvgIpc) is 3.60. The van der Waals surface area contributed by atoms with Crippen LogP contribution in [0.15, 0.2) is 64.7 Å². The Bertz CT molecular complexity index is 1670. The van der Waals surface area contributed by atoms with E-state index in [1.54, 1.807) is 23.0 Å². The number of rotatable bonds is 6. The molecule has 6 aromatic rings. The maximum atomic E-state index is 6.19. The zero-order valence-corrected chi connectivity index (χ0v) is 20.2. The van der Waals surface area contributed by atoms with E-state index in [0.29, 0.717) is 35.1 Å². The number of hydrogen-bond donors (Lipinski definition) is 0. The second-order valence-electron chi connectivity index (χ2n) is 8.17. The molecule has 35 heavy (non-hydrogen) atoms. The van der Waals surface area contributed by atoms with E-state index in [-0.39, 0.29) is 0 Å². The van der Waals surface area contributed by atoms with Crippen molar-refractivity contribution in [1.82, 2.24) is 24.6 Å². The molecule has 0 N–H and O–H groups in total. The lowest BCUT2D eigenvalue weighted by Gasteiger charge is -2.07. The molecule has 0 atom stereocenters. The van der Waals surface area contributed by atoms with Crippen LogP contribution < -0.4 is 9.47 Å². The Morgan fingerprint density at radius 2 is 1.91 bits per heavy atom. The standard InChI is InChI=1S/C26H21N5O3S/c1-15-4-6-17(11-27-15)26-28-18(14-35-26)13-33-22-8-19(32-3)9-23-20(22)10-24(34-23)21-12-31-25(29-21)7-5-16(2)30-31/h4-12,14H,13H2,1-3H3. The Morgan fingerprint density at radius 1 is 1.03 bits per heavy atom. The molecule has 0 amide bonds. The largest absolute Gasteiger partial charge is 0.496 e. The summed E-state index contributed by atoms with van der Waals surface area (Å²) in [6, 6.07) is 13.5. The zero-order valence-electron chi connectivity index (χ0n) is 19.3. The Balaban J connectivity index is 1.30. The van der Waals surface area contributed by atoms with Gasteiger partial charge in [-0.25, -0.2) is 14.5 Å². The topological polar surface area (TPSA) is 87.6 Å². The molecular formula is C26H21N5O3S. The number of nitrogens with zero attached hydrogens (tertiary/aromatic N) is 5. The van der Waals surface area contributed by atoms with Gasteiger partial charge in [-0.15, -0.1) is 11.3 Å². The predicted molar refractivity (Wildman–Crippen MR) is 134 cm³/mol. The average molecular weight is 484 g/mol. The lowest BCUT2D eigenvalue weighted by molar-refractivity contribution is 0.303. The van der Waals surface area contributed by atoms with Gasteiger partial charge in [0.05, 0.1) is 30.1 Å². The van der Waals surface area contributed by atoms with Crippen LogP contribution in [0.3, 0.4) is 0 Å². The Labute approximate surface area is 204 Å². The number of hydrogen-bond acceptors (Lipinski definition) is 8. The number of pyridine rings is 1. The molecule has 6 rings (SSSR count). The highest BCUT2D eigenvalue weighted by Gasteiger charge is 2.16. The van der Waals surface area contributed by atoms with Gasteiger partial charge in [-0.3, -0.25) is 4.98 Å². The Kier molecular flexibility index (Phi) is 5.18. The van der Waals surface area contributed by atoms with Gasteiger partial charge >= 0.3 is 0 Å². The number of aromatic nitrogens is 5. The highest BCUT2D eigenvalue weighted by atomic mass is 32.1. The number of imidazole rings is 1. The van der Waals surface area contributed by atoms with Crippen LogP contribution >= 0.6 is 11.3 Å². The molecule has 0 aliphatic heterocycles. The molecule has 5 aromatic heterocycles. The third-order valence-corrected chi connectivity index (χ3v) is 6.54. The molecule has 1 aromatic carbocycles. The van der Waals surface area contributed by atoms with E-state index in [4.69, 9.17) is 18.9 Å². The number of methoxy groups -OCH3 is 1. The summed E-state index contributed by atoms with van der Waals surface area (Å²) in [6.07, 6.45) is 3.70. The van der Waals surface area contributed by atoms with Crippen LogP contribution in [0.4, 0.5) is 0 Å². The van der Waals surface area contributed by atoms with E-state index in [2.05, 4.69) is 15.1 Å². The van der Waals surface area contributed by atoms with Crippen molar-refractivity contribution in [2.45, 2.75) is 20.5 Å². The minimum atomic E-state index is 0.316. The van der Waals surface area contributed by atoms with Crippen molar-refractivity contribution >= 4 is 28.0 Å². The smallest absolute Gasteiger partial charge is 0.155 e. The number of benzene rings is 1. The first-order chi connectivity index (χ1) is 17.1. The van der Waals surface area contributed by atoms with Gasteiger partial charge in [0.2, 0.25) is 0 Å². The van der Waals surface area contributed by atoms with Gasteiger partial charge in [-0.2, -0.15) is 5.10 Å². The van der Waals surface area contributed by atoms with Crippen LogP contribution in [0.5, 0.6) is 11.5 Å². The van der Waals surface area contributed by atoms with Gasteiger partial charge in [0.15, 0.2) is 11.4 Å². The lowest BCUT2D eigenvalue weighted by Crippen LogP contribution is -1.97. The van der Waals surface area contributed by atoms with E-state index in [1.807, 2.05) is 74.1 Å². The molecular weight excluding hydrogens is 462 g/mol. The van der Waals surface area contributed by atoms with E-state index in [0.717, 1.165) is 38.7 Å². The summed E-state index contributed by atoms with van der Waals surface area (Å²) in [4.78, 5) is 13.7. The van der Waals surface area contributed by atoms with E-state index in [1.165, 1.54) is 0 Å². The quantitative estimate of drug-likeness (QED) is 0.293. The van der Waals surface area contributed by atoms with Gasteiger partial charge in [0, 0.05) is 35.0 Å². The van der Waals surface area contributed by atoms with Crippen molar-refractivity contribution in [3.05, 3.63) is 77.3 Å². The van der Waals surface area contributed by atoms with Gasteiger partial charge in [-0.1, -0.05) is 0 Å². The third kappa shape index (κ3) is 4.10. The minimum Gasteiger partial charge on any atom is -0.496 e. The predicted octanol–water partition coefficient (Wildman–Crippen LogP) is 5.87. The first-order valence-corrected chi connectivity index (χ1v) is 11.9. The second-order valence-corrected chi connectivity index (χ2v) is 9.03. The molecule has 0 radical (unpaired) electrons. The molecule has 0 aliphatic carbocycles. The summed E-state index contributed by atoms with van der Waals surface area (Å²) in [5.41, 5.74) is 5.82. The third-order valence-electron chi connectivity index (χ3n) is 5.60. The van der Waals surface area contributed by atoms with Crippen molar-refractivity contribution in [2.24, 2.45) is 0 Å². The normalized spacial score (nSPS) is 11.4. The summed E-state index contributed by atoms with van der Waals surface area (Å²) in [7, 11) is 1.62. The van der Waals surface area contributed by atoms with Gasteiger partial charge in [-0.05, 0) is 44.2 Å². The molecule has 8 nitrogen and oxygen atoms in total. The van der Waals surface area contributed by atoms with E-state index < -0.39 is 0 Å². The fourth-order valence-corrected chi connectivity index (χ4v) is 4.59. The molecule has 0 spiro atoms. The fourth-order valence-electron chi connectivity index (χ4n) is 3.79. The van der Waals surface area contributed by atoms with Crippen molar-refractivity contribution in [1.29, 1.82) is 0 Å². The van der Waals surface area contributed by atoms with Gasteiger partial charge < -0.3 is 13.9 Å². The maximum Gasteiger partial charge on any atom is 0.155 e. The van der Waals surface area contributed by atoms with Crippen molar-refractivity contribution in [3.63, 3.8) is 0 Å². The van der Waals surface area contributed by atoms with Crippen molar-refractivity contribution in [2.75, 3.05) is 7.11 Å². The number of fused-ring (bicyclic) bond motifs is 2. The van der Waals surface area contributed by atoms with Crippen LogP contribution in [-0.2, 0) is 6.61 Å². The lowest BCUT2D eigenvalue weighted by atomic mass is 10.2. The molecule has 5 heterocycles. The van der Waals surface area contributed by atoms with E-state index >= 15 is 0 Å². The van der Waals surface area contributed by atoms with Crippen LogP contribution in [0.2, 0.25) is 0 Å². The summed E-state index contributed by atoms with van der Waals surface area (Å²) in [5, 5.41) is 8.21. The summed E-state index contributed by atoms with van der Waals surface area (Å²) < 4.78 is 19.5. The van der Waals surface area contributed by atoms with Crippen LogP contribution in [0.25, 0.3) is 38.6 Å². The van der Waals surface area contributed by atoms with Crippen molar-refractivity contribution in [3.8, 4) is 33.5 Å². The Hall–Kier alpha value is -4.24. The highest BCUT2D eigenvalue weighted by molar-refractivity contribution is 7.13. The monoisotopic (exact) mass is 483 g/mol. The van der Waals surface area contributed by atoms with Gasteiger partial charge in [0.25, 0.3) is 0 Å². The molecule has 9 heteroatoms. The summed E-state index contributed by atoms with van der Waals surface area (Å²) >= 11 is 1.57. The van der Waals surface area contributed by atoms with Crippen LogP contribution in [0, 0.1) is 13.8 Å². The fraction of sp³-hybridized carbons (Fsp3) is 0.154. The molecule has 0 aliphatic rings. The Morgan fingerprint density at radius 3 is 2.74 bits per heavy atom. The number of aryl methyl sites for hydroxylation is 2. The molecule has 174 valence electrons. The van der Waals surface area contributed by atoms with Gasteiger partial charge in [0.1, 0.15) is 34.4 Å². The van der Waals surface area contributed by atoms with Crippen LogP contribution in [-0.4, -0.2) is 31.7 Å². The molecule has 0 saturated carbocycles. The zero-order chi connectivity index (χ0) is 23.9. The first kappa shape index (κ1) is 21.3. The van der Waals surface area contributed by atoms with Crippen molar-refractivity contribution < 1.29 is 13.9 Å². The minimum absolute atomic E-state index is 0.316. The molecule has 0 fully saturated rings. The highest BCUT2D eigenvalue weighted by Crippen LogP contribution is 2.37. The second kappa shape index (κ2) is 8.52. The summed E-state index contributed by atoms with van der Waals surface area (Å²) in [6.45, 7) is 4.23. The summed E-state index contributed by atoms with van der Waals surface area (Å²) in [5.74, 6) is 1.92. The molecule has 0 unspecified atom stereocenters. The number of ether oxygens (including phenoxy) is 2. The number of thiazole rings is 1. The first-order valence-electron chi connectivity index (χ1n) is 11.0. The molecule has 0 saturated heterocycles. The number of furan rings is 1. The maximum absolute atomic E-state index is 6.19. The SMILES string of the molecule is COc1cc(OCc2csc(-c3ccc(C)nc3)n2)c2cc(-c3cn4nc(C)ccc4n3)oc2c1.